The van der Waals surface area contributed by atoms with Gasteiger partial charge in [-0.3, -0.25) is 9.59 Å². The molecule has 1 aliphatic rings. The monoisotopic (exact) mass is 463 g/mol. The molecule has 2 amide bonds. The van der Waals surface area contributed by atoms with Gasteiger partial charge < -0.3 is 20.2 Å². The molecular formula is C26H30FN5O2. The van der Waals surface area contributed by atoms with Crippen LogP contribution in [0.4, 0.5) is 4.39 Å². The minimum Gasteiger partial charge on any atom is -0.336 e. The summed E-state index contributed by atoms with van der Waals surface area (Å²) in [5, 5.41) is 8.38. The Morgan fingerprint density at radius 3 is 2.65 bits per heavy atom. The number of allylic oxidation sites excluding steroid dienone is 2. The van der Waals surface area contributed by atoms with Gasteiger partial charge in [0.05, 0.1) is 11.9 Å². The number of benzene rings is 1. The van der Waals surface area contributed by atoms with Crippen LogP contribution in [0.3, 0.4) is 0 Å². The average Bonchev–Trinajstić information content (AvgIpc) is 3.30. The van der Waals surface area contributed by atoms with Crippen molar-refractivity contribution in [3.63, 3.8) is 0 Å². The first-order valence-corrected chi connectivity index (χ1v) is 11.3. The van der Waals surface area contributed by atoms with Crippen LogP contribution in [0.15, 0.2) is 36.5 Å². The largest absolute Gasteiger partial charge is 0.336 e. The number of carbonyl (C=O) groups is 2. The molecule has 1 fully saturated rings. The molecule has 2 N–H and O–H groups in total. The van der Waals surface area contributed by atoms with Gasteiger partial charge in [-0.1, -0.05) is 13.8 Å². The van der Waals surface area contributed by atoms with Gasteiger partial charge in [0.1, 0.15) is 17.3 Å². The van der Waals surface area contributed by atoms with Gasteiger partial charge in [0, 0.05) is 38.5 Å². The van der Waals surface area contributed by atoms with Crippen LogP contribution >= 0.6 is 0 Å². The van der Waals surface area contributed by atoms with Crippen molar-refractivity contribution in [3.05, 3.63) is 59.4 Å². The van der Waals surface area contributed by atoms with Gasteiger partial charge in [0.15, 0.2) is 0 Å². The van der Waals surface area contributed by atoms with E-state index in [2.05, 4.69) is 15.9 Å². The van der Waals surface area contributed by atoms with Gasteiger partial charge in [-0.25, -0.2) is 9.37 Å². The van der Waals surface area contributed by atoms with Crippen molar-refractivity contribution in [2.75, 3.05) is 19.6 Å². The van der Waals surface area contributed by atoms with Gasteiger partial charge in [-0.15, -0.1) is 12.3 Å². The Morgan fingerprint density at radius 2 is 2.03 bits per heavy atom. The number of halogens is 1. The number of H-pyrrole nitrogens is 1. The molecule has 0 spiro atoms. The predicted molar refractivity (Wildman–Crippen MR) is 130 cm³/mol. The number of piperazine rings is 1. The number of imidazole rings is 1. The Labute approximate surface area is 199 Å². The second kappa shape index (κ2) is 10.9. The molecule has 2 heterocycles. The Bertz CT molecular complexity index is 1130. The number of nitrogens with one attached hydrogen (secondary N) is 2. The SMILES string of the molecule is C#CCCC(=O)N1CCN(C(=O)c2cnc(/C(=C\C(=N)c3ccc(F)cc3)C(C)C)[nH]2)C[C@@H]1C. The summed E-state index contributed by atoms with van der Waals surface area (Å²) < 4.78 is 13.2. The lowest BCUT2D eigenvalue weighted by Crippen LogP contribution is -2.55. The third kappa shape index (κ3) is 5.79. The average molecular weight is 464 g/mol. The molecule has 1 atom stereocenters. The molecule has 1 aromatic heterocycles. The van der Waals surface area contributed by atoms with Gasteiger partial charge in [0.25, 0.3) is 5.91 Å². The number of aromatic amines is 1. The number of terminal acetylenes is 1. The van der Waals surface area contributed by atoms with Crippen molar-refractivity contribution in [1.29, 1.82) is 5.41 Å². The van der Waals surface area contributed by atoms with Crippen molar-refractivity contribution in [2.45, 2.75) is 39.7 Å². The molecule has 0 radical (unpaired) electrons. The van der Waals surface area contributed by atoms with E-state index in [0.717, 1.165) is 5.57 Å². The maximum atomic E-state index is 13.2. The van der Waals surface area contributed by atoms with Crippen LogP contribution in [0.2, 0.25) is 0 Å². The topological polar surface area (TPSA) is 93.2 Å². The first-order valence-electron chi connectivity index (χ1n) is 11.3. The molecule has 0 aliphatic carbocycles. The lowest BCUT2D eigenvalue weighted by atomic mass is 9.98. The zero-order valence-corrected chi connectivity index (χ0v) is 19.8. The van der Waals surface area contributed by atoms with Crippen LogP contribution in [0, 0.1) is 29.5 Å². The molecule has 8 heteroatoms. The molecule has 0 saturated carbocycles. The highest BCUT2D eigenvalue weighted by atomic mass is 19.1. The van der Waals surface area contributed by atoms with Crippen molar-refractivity contribution in [2.24, 2.45) is 5.92 Å². The lowest BCUT2D eigenvalue weighted by molar-refractivity contribution is -0.135. The molecule has 1 aliphatic heterocycles. The standard InChI is InChI=1S/C26H30FN5O2/c1-5-6-7-24(33)32-13-12-31(16-18(32)4)26(34)23-15-29-25(30-23)21(17(2)3)14-22(28)19-8-10-20(27)11-9-19/h1,8-11,14-15,17-18,28H,6-7,12-13,16H2,2-4H3,(H,29,30)/b21-14-,28-22?/t18-/m0/s1. The fourth-order valence-electron chi connectivity index (χ4n) is 3.96. The summed E-state index contributed by atoms with van der Waals surface area (Å²) in [6, 6.07) is 5.65. The molecule has 0 bridgehead atoms. The lowest BCUT2D eigenvalue weighted by Gasteiger charge is -2.39. The van der Waals surface area contributed by atoms with Gasteiger partial charge >= 0.3 is 0 Å². The first-order chi connectivity index (χ1) is 16.2. The van der Waals surface area contributed by atoms with Crippen molar-refractivity contribution >= 4 is 23.1 Å². The van der Waals surface area contributed by atoms with E-state index >= 15 is 0 Å². The summed E-state index contributed by atoms with van der Waals surface area (Å²) in [5.41, 5.74) is 1.94. The highest BCUT2D eigenvalue weighted by Gasteiger charge is 2.30. The van der Waals surface area contributed by atoms with Crippen LogP contribution in [0.1, 0.15) is 55.5 Å². The number of aromatic nitrogens is 2. The molecular weight excluding hydrogens is 433 g/mol. The molecule has 1 saturated heterocycles. The number of carbonyl (C=O) groups excluding carboxylic acids is 2. The van der Waals surface area contributed by atoms with E-state index in [1.807, 2.05) is 20.8 Å². The Hall–Kier alpha value is -3.73. The fourth-order valence-corrected chi connectivity index (χ4v) is 3.96. The second-order valence-corrected chi connectivity index (χ2v) is 8.71. The fraction of sp³-hybridized carbons (Fsp3) is 0.385. The summed E-state index contributed by atoms with van der Waals surface area (Å²) in [4.78, 5) is 36.4. The predicted octanol–water partition coefficient (Wildman–Crippen LogP) is 3.74. The minimum atomic E-state index is -0.356. The zero-order chi connectivity index (χ0) is 24.8. The van der Waals surface area contributed by atoms with Crippen molar-refractivity contribution in [1.82, 2.24) is 19.8 Å². The number of rotatable bonds is 7. The van der Waals surface area contributed by atoms with Crippen LogP contribution in [0.25, 0.3) is 5.57 Å². The Morgan fingerprint density at radius 1 is 1.32 bits per heavy atom. The summed E-state index contributed by atoms with van der Waals surface area (Å²) in [5.74, 6) is 2.51. The maximum absolute atomic E-state index is 13.2. The number of nitrogens with zero attached hydrogens (tertiary/aromatic N) is 3. The van der Waals surface area contributed by atoms with Crippen LogP contribution in [-0.4, -0.2) is 63.0 Å². The first kappa shape index (κ1) is 24.9. The third-order valence-electron chi connectivity index (χ3n) is 5.87. The van der Waals surface area contributed by atoms with E-state index < -0.39 is 0 Å². The molecule has 3 rings (SSSR count). The van der Waals surface area contributed by atoms with Gasteiger partial charge in [-0.05, 0) is 54.3 Å². The molecule has 178 valence electrons. The summed E-state index contributed by atoms with van der Waals surface area (Å²) >= 11 is 0. The van der Waals surface area contributed by atoms with E-state index in [0.29, 0.717) is 49.6 Å². The molecule has 34 heavy (non-hydrogen) atoms. The summed E-state index contributed by atoms with van der Waals surface area (Å²) in [6.07, 6.45) is 9.17. The maximum Gasteiger partial charge on any atom is 0.272 e. The normalized spacial score (nSPS) is 16.5. The number of hydrogen-bond acceptors (Lipinski definition) is 4. The highest BCUT2D eigenvalue weighted by Crippen LogP contribution is 2.23. The van der Waals surface area contributed by atoms with E-state index in [1.54, 1.807) is 28.0 Å². The second-order valence-electron chi connectivity index (χ2n) is 8.71. The highest BCUT2D eigenvalue weighted by molar-refractivity contribution is 6.10. The number of amides is 2. The van der Waals surface area contributed by atoms with E-state index in [-0.39, 0.29) is 35.3 Å². The molecule has 1 aromatic carbocycles. The molecule has 2 aromatic rings. The molecule has 0 unspecified atom stereocenters. The quantitative estimate of drug-likeness (QED) is 0.484. The summed E-state index contributed by atoms with van der Waals surface area (Å²) in [7, 11) is 0. The van der Waals surface area contributed by atoms with Crippen LogP contribution in [-0.2, 0) is 4.79 Å². The summed E-state index contributed by atoms with van der Waals surface area (Å²) in [6.45, 7) is 7.20. The van der Waals surface area contributed by atoms with Crippen LogP contribution < -0.4 is 0 Å². The van der Waals surface area contributed by atoms with Crippen molar-refractivity contribution < 1.29 is 14.0 Å². The van der Waals surface area contributed by atoms with E-state index in [1.165, 1.54) is 18.3 Å². The third-order valence-corrected chi connectivity index (χ3v) is 5.87. The van der Waals surface area contributed by atoms with Crippen molar-refractivity contribution in [3.8, 4) is 12.3 Å². The molecule has 7 nitrogen and oxygen atoms in total. The Kier molecular flexibility index (Phi) is 8.00. The van der Waals surface area contributed by atoms with E-state index in [4.69, 9.17) is 11.8 Å². The number of hydrogen-bond donors (Lipinski definition) is 2. The zero-order valence-electron chi connectivity index (χ0n) is 19.8. The smallest absolute Gasteiger partial charge is 0.272 e. The minimum absolute atomic E-state index is 0.0108. The Balaban J connectivity index is 1.72. The van der Waals surface area contributed by atoms with E-state index in [9.17, 15) is 14.0 Å². The van der Waals surface area contributed by atoms with Crippen LogP contribution in [0.5, 0.6) is 0 Å². The van der Waals surface area contributed by atoms with Gasteiger partial charge in [-0.2, -0.15) is 0 Å². The van der Waals surface area contributed by atoms with Gasteiger partial charge in [0.2, 0.25) is 5.91 Å².